The number of hydrogen-bond donors (Lipinski definition) is 1. The lowest BCUT2D eigenvalue weighted by molar-refractivity contribution is -0.117. The van der Waals surface area contributed by atoms with E-state index in [0.717, 1.165) is 10.0 Å². The summed E-state index contributed by atoms with van der Waals surface area (Å²) in [5, 5.41) is 13.5. The fourth-order valence-corrected chi connectivity index (χ4v) is 5.20. The second-order valence-corrected chi connectivity index (χ2v) is 10.3. The van der Waals surface area contributed by atoms with Gasteiger partial charge in [-0.1, -0.05) is 63.0 Å². The first-order valence-electron chi connectivity index (χ1n) is 10.1. The summed E-state index contributed by atoms with van der Waals surface area (Å²) < 4.78 is 0.847. The topological polar surface area (TPSA) is 73.2 Å². The second-order valence-electron chi connectivity index (χ2n) is 7.34. The summed E-state index contributed by atoms with van der Waals surface area (Å²) in [6, 6.07) is 23.0. The van der Waals surface area contributed by atoms with Crippen molar-refractivity contribution in [2.24, 2.45) is 0 Å². The van der Waals surface area contributed by atoms with E-state index >= 15 is 0 Å². The molecule has 1 aliphatic rings. The van der Waals surface area contributed by atoms with Crippen LogP contribution >= 0.6 is 50.9 Å². The molecule has 1 atom stereocenters. The first-order chi connectivity index (χ1) is 16.4. The Morgan fingerprint density at radius 2 is 1.59 bits per heavy atom. The van der Waals surface area contributed by atoms with E-state index in [9.17, 15) is 14.9 Å². The molecule has 1 heterocycles. The molecule has 170 valence electrons. The monoisotopic (exact) mass is 571 g/mol. The van der Waals surface area contributed by atoms with Crippen LogP contribution in [0.15, 0.2) is 87.9 Å². The van der Waals surface area contributed by atoms with Gasteiger partial charge in [0.15, 0.2) is 0 Å². The van der Waals surface area contributed by atoms with Crippen LogP contribution in [0.3, 0.4) is 0 Å². The number of hydrogen-bond acceptors (Lipinski definition) is 4. The molecule has 3 aromatic carbocycles. The van der Waals surface area contributed by atoms with Crippen molar-refractivity contribution in [1.82, 2.24) is 0 Å². The fraction of sp³-hybridized carbons (Fsp3) is 0.0800. The van der Waals surface area contributed by atoms with Crippen LogP contribution in [0.1, 0.15) is 5.56 Å². The smallest absolute Gasteiger partial charge is 0.269 e. The standard InChI is InChI=1S/C25H16BrCl2N3O2S/c26-16-3-11-20(12-4-16)31-24(33)22(13-15-1-5-17(27)6-2-15)34-25(31)21(14-29)23(32)30-19-9-7-18(28)8-10-19/h1-12,22H,13H2,(H,30,32)/b25-21-/t22-/m0/s1. The molecular formula is C25H16BrCl2N3O2S. The van der Waals surface area contributed by atoms with Crippen molar-refractivity contribution >= 4 is 74.1 Å². The van der Waals surface area contributed by atoms with Gasteiger partial charge in [-0.15, -0.1) is 0 Å². The van der Waals surface area contributed by atoms with E-state index in [0.29, 0.717) is 32.9 Å². The van der Waals surface area contributed by atoms with E-state index in [4.69, 9.17) is 23.2 Å². The Balaban J connectivity index is 1.71. The van der Waals surface area contributed by atoms with E-state index in [2.05, 4.69) is 21.2 Å². The number of carbonyl (C=O) groups is 2. The molecule has 4 rings (SSSR count). The molecule has 9 heteroatoms. The summed E-state index contributed by atoms with van der Waals surface area (Å²) >= 11 is 16.5. The number of amides is 2. The van der Waals surface area contributed by atoms with E-state index in [1.54, 1.807) is 60.7 Å². The van der Waals surface area contributed by atoms with E-state index in [1.165, 1.54) is 16.7 Å². The lowest BCUT2D eigenvalue weighted by Gasteiger charge is -2.19. The molecule has 5 nitrogen and oxygen atoms in total. The van der Waals surface area contributed by atoms with Crippen molar-refractivity contribution in [3.05, 3.63) is 103 Å². The molecule has 3 aromatic rings. The molecule has 2 amide bonds. The maximum Gasteiger partial charge on any atom is 0.269 e. The number of benzene rings is 3. The number of carbonyl (C=O) groups excluding carboxylic acids is 2. The summed E-state index contributed by atoms with van der Waals surface area (Å²) in [5.74, 6) is -0.807. The van der Waals surface area contributed by atoms with Crippen LogP contribution in [0, 0.1) is 11.3 Å². The fourth-order valence-electron chi connectivity index (χ4n) is 3.37. The van der Waals surface area contributed by atoms with Crippen LogP contribution in [0.5, 0.6) is 0 Å². The van der Waals surface area contributed by atoms with E-state index < -0.39 is 11.2 Å². The molecule has 34 heavy (non-hydrogen) atoms. The number of nitriles is 1. The van der Waals surface area contributed by atoms with Crippen molar-refractivity contribution in [3.63, 3.8) is 0 Å². The number of anilines is 2. The lowest BCUT2D eigenvalue weighted by Crippen LogP contribution is -2.30. The van der Waals surface area contributed by atoms with Crippen molar-refractivity contribution in [2.45, 2.75) is 11.7 Å². The van der Waals surface area contributed by atoms with Crippen LogP contribution in [0.2, 0.25) is 10.0 Å². The SMILES string of the molecule is N#C/C(C(=O)Nc1ccc(Cl)cc1)=C1/S[C@@H](Cc2ccc(Cl)cc2)C(=O)N1c1ccc(Br)cc1. The Morgan fingerprint density at radius 1 is 1.00 bits per heavy atom. The summed E-state index contributed by atoms with van der Waals surface area (Å²) in [5.41, 5.74) is 1.84. The second kappa shape index (κ2) is 10.7. The van der Waals surface area contributed by atoms with Gasteiger partial charge in [0, 0.05) is 25.9 Å². The number of halogens is 3. The normalized spacial score (nSPS) is 16.8. The minimum Gasteiger partial charge on any atom is -0.321 e. The molecular weight excluding hydrogens is 557 g/mol. The van der Waals surface area contributed by atoms with Crippen LogP contribution in [-0.2, 0) is 16.0 Å². The minimum atomic E-state index is -0.602. The molecule has 0 saturated carbocycles. The molecule has 0 bridgehead atoms. The Bertz CT molecular complexity index is 1300. The summed E-state index contributed by atoms with van der Waals surface area (Å²) in [4.78, 5) is 28.0. The first kappa shape index (κ1) is 24.4. The minimum absolute atomic E-state index is 0.144. The van der Waals surface area contributed by atoms with Gasteiger partial charge in [0.05, 0.1) is 5.25 Å². The third-order valence-corrected chi connectivity index (χ3v) is 7.32. The van der Waals surface area contributed by atoms with Crippen molar-refractivity contribution in [1.29, 1.82) is 5.26 Å². The maximum absolute atomic E-state index is 13.5. The highest BCUT2D eigenvalue weighted by molar-refractivity contribution is 9.10. The largest absolute Gasteiger partial charge is 0.321 e. The average Bonchev–Trinajstić information content (AvgIpc) is 3.13. The predicted octanol–water partition coefficient (Wildman–Crippen LogP) is 6.82. The van der Waals surface area contributed by atoms with Gasteiger partial charge in [0.1, 0.15) is 16.7 Å². The molecule has 0 radical (unpaired) electrons. The van der Waals surface area contributed by atoms with Gasteiger partial charge in [-0.05, 0) is 72.6 Å². The van der Waals surface area contributed by atoms with Gasteiger partial charge in [-0.2, -0.15) is 5.26 Å². The third kappa shape index (κ3) is 5.48. The van der Waals surface area contributed by atoms with Crippen LogP contribution in [0.25, 0.3) is 0 Å². The summed E-state index contributed by atoms with van der Waals surface area (Å²) in [6.45, 7) is 0. The molecule has 1 fully saturated rings. The highest BCUT2D eigenvalue weighted by Crippen LogP contribution is 2.42. The van der Waals surface area contributed by atoms with Crippen molar-refractivity contribution in [3.8, 4) is 6.07 Å². The molecule has 1 saturated heterocycles. The van der Waals surface area contributed by atoms with Crippen molar-refractivity contribution < 1.29 is 9.59 Å². The molecule has 0 spiro atoms. The number of nitrogens with zero attached hydrogens (tertiary/aromatic N) is 2. The number of thioether (sulfide) groups is 1. The predicted molar refractivity (Wildman–Crippen MR) is 141 cm³/mol. The maximum atomic E-state index is 13.5. The van der Waals surface area contributed by atoms with Crippen LogP contribution in [0.4, 0.5) is 11.4 Å². The van der Waals surface area contributed by atoms with Gasteiger partial charge in [0.25, 0.3) is 5.91 Å². The highest BCUT2D eigenvalue weighted by atomic mass is 79.9. The Kier molecular flexibility index (Phi) is 7.64. The van der Waals surface area contributed by atoms with Gasteiger partial charge < -0.3 is 5.32 Å². The quantitative estimate of drug-likeness (QED) is 0.269. The molecule has 1 aliphatic heterocycles. The zero-order chi connectivity index (χ0) is 24.2. The van der Waals surface area contributed by atoms with E-state index in [1.807, 2.05) is 18.2 Å². The zero-order valence-corrected chi connectivity index (χ0v) is 21.4. The van der Waals surface area contributed by atoms with Gasteiger partial charge in [0.2, 0.25) is 5.91 Å². The average molecular weight is 573 g/mol. The van der Waals surface area contributed by atoms with Crippen LogP contribution in [-0.4, -0.2) is 17.1 Å². The first-order valence-corrected chi connectivity index (χ1v) is 12.5. The highest BCUT2D eigenvalue weighted by Gasteiger charge is 2.40. The zero-order valence-electron chi connectivity index (χ0n) is 17.5. The summed E-state index contributed by atoms with van der Waals surface area (Å²) in [7, 11) is 0. The van der Waals surface area contributed by atoms with Crippen LogP contribution < -0.4 is 10.2 Å². The third-order valence-electron chi connectivity index (χ3n) is 5.03. The molecule has 0 aromatic heterocycles. The number of nitrogens with one attached hydrogen (secondary N) is 1. The lowest BCUT2D eigenvalue weighted by atomic mass is 10.1. The van der Waals surface area contributed by atoms with Crippen molar-refractivity contribution in [2.75, 3.05) is 10.2 Å². The molecule has 0 unspecified atom stereocenters. The Morgan fingerprint density at radius 3 is 2.18 bits per heavy atom. The Hall–Kier alpha value is -2.76. The number of rotatable bonds is 5. The van der Waals surface area contributed by atoms with Gasteiger partial charge in [-0.3, -0.25) is 14.5 Å². The summed E-state index contributed by atoms with van der Waals surface area (Å²) in [6.07, 6.45) is 0.425. The van der Waals surface area contributed by atoms with Gasteiger partial charge in [-0.25, -0.2) is 0 Å². The molecule has 1 N–H and O–H groups in total. The van der Waals surface area contributed by atoms with Gasteiger partial charge >= 0.3 is 0 Å². The van der Waals surface area contributed by atoms with E-state index in [-0.39, 0.29) is 11.5 Å². The molecule has 0 aliphatic carbocycles. The Labute approximate surface area is 219 Å².